The second kappa shape index (κ2) is 10.3. The Bertz CT molecular complexity index is 1750. The number of hydrogen-bond acceptors (Lipinski definition) is 7. The number of carbonyl (C=O) groups excluding carboxylic acids is 2. The van der Waals surface area contributed by atoms with Crippen LogP contribution in [0.5, 0.6) is 11.5 Å². The Morgan fingerprint density at radius 1 is 1.24 bits per heavy atom. The van der Waals surface area contributed by atoms with Crippen molar-refractivity contribution in [2.45, 2.75) is 30.8 Å². The number of nitrogens with two attached hydrogens (primary N) is 1. The summed E-state index contributed by atoms with van der Waals surface area (Å²) in [6.07, 6.45) is 3.10. The summed E-state index contributed by atoms with van der Waals surface area (Å²) < 4.78 is 25.9. The van der Waals surface area contributed by atoms with Gasteiger partial charge in [-0.25, -0.2) is 9.37 Å². The predicted molar refractivity (Wildman–Crippen MR) is 157 cm³/mol. The summed E-state index contributed by atoms with van der Waals surface area (Å²) in [7, 11) is 1.51. The number of halogens is 2. The zero-order chi connectivity index (χ0) is 29.8. The van der Waals surface area contributed by atoms with E-state index in [0.29, 0.717) is 44.8 Å². The summed E-state index contributed by atoms with van der Waals surface area (Å²) in [6.45, 7) is 1.54. The van der Waals surface area contributed by atoms with Gasteiger partial charge in [0.25, 0.3) is 5.91 Å². The van der Waals surface area contributed by atoms with Crippen molar-refractivity contribution in [2.24, 2.45) is 11.7 Å². The number of nitrogens with zero attached hydrogens (tertiary/aromatic N) is 2. The first-order valence-corrected chi connectivity index (χ1v) is 14.2. The number of nitrogens with one attached hydrogen (secondary N) is 1. The van der Waals surface area contributed by atoms with E-state index in [0.717, 1.165) is 17.3 Å². The summed E-state index contributed by atoms with van der Waals surface area (Å²) >= 11 is 3.41. The van der Waals surface area contributed by atoms with Crippen LogP contribution in [0.3, 0.4) is 0 Å². The lowest BCUT2D eigenvalue weighted by atomic mass is 9.81. The van der Waals surface area contributed by atoms with E-state index >= 15 is 0 Å². The van der Waals surface area contributed by atoms with E-state index in [-0.39, 0.29) is 24.8 Å². The molecule has 3 heterocycles. The van der Waals surface area contributed by atoms with Crippen molar-refractivity contribution in [3.8, 4) is 22.8 Å². The van der Waals surface area contributed by atoms with Crippen LogP contribution in [0.15, 0.2) is 59.2 Å². The van der Waals surface area contributed by atoms with Gasteiger partial charge in [-0.3, -0.25) is 14.6 Å². The number of ether oxygens (including phenoxy) is 2. The van der Waals surface area contributed by atoms with Crippen molar-refractivity contribution in [1.29, 1.82) is 0 Å². The number of pyridine rings is 2. The molecule has 2 aromatic carbocycles. The van der Waals surface area contributed by atoms with Gasteiger partial charge in [0, 0.05) is 32.7 Å². The minimum absolute atomic E-state index is 0.00432. The molecule has 1 aliphatic heterocycles. The average molecular weight is 635 g/mol. The zero-order valence-corrected chi connectivity index (χ0v) is 24.5. The number of amides is 2. The van der Waals surface area contributed by atoms with Crippen molar-refractivity contribution in [3.05, 3.63) is 81.8 Å². The highest BCUT2D eigenvalue weighted by atomic mass is 79.9. The third-order valence-corrected chi connectivity index (χ3v) is 8.58. The largest absolute Gasteiger partial charge is 0.494 e. The highest BCUT2D eigenvalue weighted by Gasteiger charge is 2.50. The van der Waals surface area contributed by atoms with Gasteiger partial charge in [0.05, 0.1) is 19.3 Å². The standard InChI is InChI=1S/C31H28BrFN4O5/c1-30(29(34)39)15-42-27-22(30)12-24(37-26(27)16-3-7-21(33)8-4-16)31(40,19-5-6-19)14-36-28(38)18-9-17-10-20(32)13-35-25(17)23(11-18)41-2/h3-4,7-13,19,40H,5-6,14-15H2,1-2H3,(H2,34,39)(H,36,38)/t30-,31+/m0/s1. The highest BCUT2D eigenvalue weighted by molar-refractivity contribution is 9.10. The van der Waals surface area contributed by atoms with Gasteiger partial charge in [-0.05, 0) is 90.1 Å². The molecule has 42 heavy (non-hydrogen) atoms. The molecule has 2 atom stereocenters. The van der Waals surface area contributed by atoms with E-state index in [4.69, 9.17) is 20.2 Å². The first-order valence-electron chi connectivity index (χ1n) is 13.4. The molecule has 2 aromatic heterocycles. The molecular weight excluding hydrogens is 607 g/mol. The first-order chi connectivity index (χ1) is 20.0. The number of carbonyl (C=O) groups is 2. The maximum absolute atomic E-state index is 13.8. The first kappa shape index (κ1) is 28.0. The molecule has 4 N–H and O–H groups in total. The Kier molecular flexibility index (Phi) is 6.89. The molecule has 2 aliphatic rings. The summed E-state index contributed by atoms with van der Waals surface area (Å²) in [6, 6.07) is 12.5. The molecule has 9 nitrogen and oxygen atoms in total. The molecule has 216 valence electrons. The van der Waals surface area contributed by atoms with Crippen molar-refractivity contribution in [1.82, 2.24) is 15.3 Å². The summed E-state index contributed by atoms with van der Waals surface area (Å²) in [5.41, 5.74) is 5.68. The monoisotopic (exact) mass is 634 g/mol. The second-order valence-electron chi connectivity index (χ2n) is 11.0. The Morgan fingerprint density at radius 2 is 1.98 bits per heavy atom. The summed E-state index contributed by atoms with van der Waals surface area (Å²) in [5.74, 6) is -0.801. The van der Waals surface area contributed by atoms with Crippen LogP contribution in [-0.2, 0) is 15.8 Å². The van der Waals surface area contributed by atoms with Crippen LogP contribution in [0.1, 0.15) is 41.4 Å². The van der Waals surface area contributed by atoms with Gasteiger partial charge in [0.2, 0.25) is 5.91 Å². The van der Waals surface area contributed by atoms with Crippen LogP contribution in [0.4, 0.5) is 4.39 Å². The minimum Gasteiger partial charge on any atom is -0.494 e. The summed E-state index contributed by atoms with van der Waals surface area (Å²) in [5, 5.41) is 15.7. The van der Waals surface area contributed by atoms with Crippen molar-refractivity contribution in [3.63, 3.8) is 0 Å². The van der Waals surface area contributed by atoms with Gasteiger partial charge in [-0.1, -0.05) is 0 Å². The highest BCUT2D eigenvalue weighted by Crippen LogP contribution is 2.50. The second-order valence-corrected chi connectivity index (χ2v) is 11.9. The van der Waals surface area contributed by atoms with Gasteiger partial charge >= 0.3 is 0 Å². The van der Waals surface area contributed by atoms with Gasteiger partial charge in [0.15, 0.2) is 0 Å². The predicted octanol–water partition coefficient (Wildman–Crippen LogP) is 4.37. The maximum atomic E-state index is 13.8. The molecule has 0 unspecified atom stereocenters. The van der Waals surface area contributed by atoms with Crippen molar-refractivity contribution >= 4 is 38.6 Å². The number of benzene rings is 2. The fraction of sp³-hybridized carbons (Fsp3) is 0.290. The molecule has 0 spiro atoms. The Hall–Kier alpha value is -4.09. The van der Waals surface area contributed by atoms with E-state index in [1.807, 2.05) is 6.07 Å². The van der Waals surface area contributed by atoms with Crippen LogP contribution < -0.4 is 20.5 Å². The molecule has 0 saturated heterocycles. The summed E-state index contributed by atoms with van der Waals surface area (Å²) in [4.78, 5) is 35.2. The lowest BCUT2D eigenvalue weighted by Crippen LogP contribution is -2.44. The van der Waals surface area contributed by atoms with E-state index in [1.54, 1.807) is 43.5 Å². The van der Waals surface area contributed by atoms with E-state index in [2.05, 4.69) is 26.2 Å². The fourth-order valence-electron chi connectivity index (χ4n) is 5.41. The van der Waals surface area contributed by atoms with Crippen molar-refractivity contribution in [2.75, 3.05) is 20.3 Å². The van der Waals surface area contributed by atoms with Gasteiger partial charge in [-0.15, -0.1) is 0 Å². The van der Waals surface area contributed by atoms with Gasteiger partial charge in [-0.2, -0.15) is 0 Å². The Labute approximate surface area is 249 Å². The number of methoxy groups -OCH3 is 1. The normalized spacial score (nSPS) is 19.1. The molecule has 4 aromatic rings. The maximum Gasteiger partial charge on any atom is 0.251 e. The van der Waals surface area contributed by atoms with E-state index in [1.165, 1.54) is 19.2 Å². The SMILES string of the molecule is COc1cc(C(=O)NC[C@](O)(c2cc3c(c(-c4ccc(F)cc4)n2)OC[C@]3(C)C(N)=O)C2CC2)cc2cc(Br)cnc12. The molecular formula is C31H28BrFN4O5. The molecule has 6 rings (SSSR count). The topological polar surface area (TPSA) is 137 Å². The molecule has 0 bridgehead atoms. The Balaban J connectivity index is 1.39. The molecule has 11 heteroatoms. The molecule has 1 fully saturated rings. The van der Waals surface area contributed by atoms with Crippen LogP contribution in [0.25, 0.3) is 22.2 Å². The quantitative estimate of drug-likeness (QED) is 0.262. The molecule has 2 amide bonds. The van der Waals surface area contributed by atoms with Crippen LogP contribution in [0, 0.1) is 11.7 Å². The number of rotatable bonds is 8. The van der Waals surface area contributed by atoms with E-state index in [9.17, 15) is 19.1 Å². The van der Waals surface area contributed by atoms with Crippen LogP contribution in [-0.4, -0.2) is 47.2 Å². The molecule has 1 aliphatic carbocycles. The number of fused-ring (bicyclic) bond motifs is 2. The lowest BCUT2D eigenvalue weighted by Gasteiger charge is -2.30. The smallest absolute Gasteiger partial charge is 0.251 e. The van der Waals surface area contributed by atoms with Crippen LogP contribution in [0.2, 0.25) is 0 Å². The Morgan fingerprint density at radius 3 is 2.64 bits per heavy atom. The lowest BCUT2D eigenvalue weighted by molar-refractivity contribution is -0.123. The molecule has 1 saturated carbocycles. The number of hydrogen-bond donors (Lipinski definition) is 3. The van der Waals surface area contributed by atoms with Crippen LogP contribution >= 0.6 is 15.9 Å². The minimum atomic E-state index is -1.56. The third kappa shape index (κ3) is 4.76. The van der Waals surface area contributed by atoms with E-state index < -0.39 is 28.6 Å². The van der Waals surface area contributed by atoms with Gasteiger partial charge in [0.1, 0.15) is 46.1 Å². The number of aromatic nitrogens is 2. The zero-order valence-electron chi connectivity index (χ0n) is 22.9. The average Bonchev–Trinajstić information content (AvgIpc) is 3.78. The number of aliphatic hydroxyl groups is 1. The third-order valence-electron chi connectivity index (χ3n) is 8.15. The fourth-order valence-corrected chi connectivity index (χ4v) is 5.76. The van der Waals surface area contributed by atoms with Crippen molar-refractivity contribution < 1.29 is 28.6 Å². The van der Waals surface area contributed by atoms with Gasteiger partial charge < -0.3 is 25.6 Å². The molecule has 0 radical (unpaired) electrons. The number of primary amides is 1.